The zero-order valence-corrected chi connectivity index (χ0v) is 12.7. The van der Waals surface area contributed by atoms with Gasteiger partial charge in [-0.25, -0.2) is 9.97 Å². The Morgan fingerprint density at radius 2 is 2.05 bits per heavy atom. The highest BCUT2D eigenvalue weighted by Crippen LogP contribution is 2.29. The lowest BCUT2D eigenvalue weighted by Crippen LogP contribution is -1.96. The zero-order valence-electron chi connectivity index (χ0n) is 11.2. The van der Waals surface area contributed by atoms with Crippen LogP contribution in [0.3, 0.4) is 0 Å². The largest absolute Gasteiger partial charge is 0.492 e. The van der Waals surface area contributed by atoms with E-state index in [9.17, 15) is 0 Å². The molecule has 0 radical (unpaired) electrons. The molecule has 3 aromatic rings. The number of hydrogen-bond acceptors (Lipinski definition) is 4. The van der Waals surface area contributed by atoms with Crippen LogP contribution in [0.1, 0.15) is 6.92 Å². The molecule has 5 nitrogen and oxygen atoms in total. The van der Waals surface area contributed by atoms with E-state index in [1.165, 1.54) is 0 Å². The number of hydrogen-bond donors (Lipinski definition) is 1. The SMILES string of the molecule is CCOc1ccc(-c2cn3c(Cl)cc(Cl)nc3n2)cc1N. The van der Waals surface area contributed by atoms with Crippen LogP contribution in [0.2, 0.25) is 10.3 Å². The number of ether oxygens (including phenoxy) is 1. The Balaban J connectivity index is 2.08. The Kier molecular flexibility index (Phi) is 3.61. The van der Waals surface area contributed by atoms with Crippen molar-refractivity contribution in [3.8, 4) is 17.0 Å². The van der Waals surface area contributed by atoms with Crippen molar-refractivity contribution in [2.24, 2.45) is 0 Å². The topological polar surface area (TPSA) is 65.4 Å². The van der Waals surface area contributed by atoms with Crippen molar-refractivity contribution in [1.29, 1.82) is 0 Å². The first-order valence-electron chi connectivity index (χ1n) is 6.32. The summed E-state index contributed by atoms with van der Waals surface area (Å²) in [4.78, 5) is 8.54. The van der Waals surface area contributed by atoms with Crippen LogP contribution in [-0.2, 0) is 0 Å². The molecule has 0 aliphatic rings. The van der Waals surface area contributed by atoms with Gasteiger partial charge in [-0.15, -0.1) is 0 Å². The number of anilines is 1. The fourth-order valence-electron chi connectivity index (χ4n) is 2.04. The van der Waals surface area contributed by atoms with Gasteiger partial charge in [-0.05, 0) is 25.1 Å². The van der Waals surface area contributed by atoms with E-state index in [0.29, 0.717) is 39.8 Å². The number of halogens is 2. The summed E-state index contributed by atoms with van der Waals surface area (Å²) >= 11 is 12.0. The second kappa shape index (κ2) is 5.42. The van der Waals surface area contributed by atoms with Gasteiger partial charge in [0, 0.05) is 17.8 Å². The maximum absolute atomic E-state index is 6.11. The Morgan fingerprint density at radius 1 is 1.24 bits per heavy atom. The molecule has 2 aromatic heterocycles. The van der Waals surface area contributed by atoms with Crippen molar-refractivity contribution < 1.29 is 4.74 Å². The molecule has 0 bridgehead atoms. The van der Waals surface area contributed by atoms with E-state index in [-0.39, 0.29) is 0 Å². The van der Waals surface area contributed by atoms with Crippen LogP contribution in [-0.4, -0.2) is 21.0 Å². The molecule has 0 fully saturated rings. The predicted octanol–water partition coefficient (Wildman–Crippen LogP) is 3.68. The lowest BCUT2D eigenvalue weighted by atomic mass is 10.1. The Labute approximate surface area is 131 Å². The number of fused-ring (bicyclic) bond motifs is 1. The standard InChI is InChI=1S/C14H12Cl2N4O/c1-2-21-11-4-3-8(5-9(11)17)10-7-20-13(16)6-12(15)19-14(20)18-10/h3-7H,2,17H2,1H3. The Bertz CT molecular complexity index is 816. The molecule has 0 saturated heterocycles. The fraction of sp³-hybridized carbons (Fsp3) is 0.143. The van der Waals surface area contributed by atoms with Crippen molar-refractivity contribution in [1.82, 2.24) is 14.4 Å². The first kappa shape index (κ1) is 14.0. The summed E-state index contributed by atoms with van der Waals surface area (Å²) in [6, 6.07) is 7.08. The van der Waals surface area contributed by atoms with Crippen molar-refractivity contribution in [2.45, 2.75) is 6.92 Å². The first-order chi connectivity index (χ1) is 10.1. The average molecular weight is 323 g/mol. The first-order valence-corrected chi connectivity index (χ1v) is 7.08. The minimum absolute atomic E-state index is 0.302. The fourth-order valence-corrected chi connectivity index (χ4v) is 2.50. The minimum atomic E-state index is 0.302. The van der Waals surface area contributed by atoms with Crippen LogP contribution >= 0.6 is 23.2 Å². The molecule has 3 rings (SSSR count). The van der Waals surface area contributed by atoms with E-state index in [1.54, 1.807) is 16.7 Å². The summed E-state index contributed by atoms with van der Waals surface area (Å²) < 4.78 is 7.08. The van der Waals surface area contributed by atoms with Gasteiger partial charge in [-0.2, -0.15) is 0 Å². The molecule has 0 aliphatic heterocycles. The molecule has 108 valence electrons. The number of rotatable bonds is 3. The van der Waals surface area contributed by atoms with Gasteiger partial charge in [-0.3, -0.25) is 4.40 Å². The lowest BCUT2D eigenvalue weighted by Gasteiger charge is -2.07. The number of nitrogen functional groups attached to an aromatic ring is 1. The molecule has 0 aliphatic carbocycles. The lowest BCUT2D eigenvalue weighted by molar-refractivity contribution is 0.342. The Morgan fingerprint density at radius 3 is 2.76 bits per heavy atom. The highest BCUT2D eigenvalue weighted by Gasteiger charge is 2.10. The summed E-state index contributed by atoms with van der Waals surface area (Å²) in [6.07, 6.45) is 1.79. The van der Waals surface area contributed by atoms with Gasteiger partial charge in [0.15, 0.2) is 0 Å². The van der Waals surface area contributed by atoms with E-state index in [0.717, 1.165) is 5.56 Å². The molecule has 21 heavy (non-hydrogen) atoms. The normalized spacial score (nSPS) is 11.0. The van der Waals surface area contributed by atoms with Gasteiger partial charge in [-0.1, -0.05) is 23.2 Å². The van der Waals surface area contributed by atoms with E-state index in [4.69, 9.17) is 33.7 Å². The predicted molar refractivity (Wildman–Crippen MR) is 84.0 cm³/mol. The molecule has 1 aromatic carbocycles. The molecule has 2 N–H and O–H groups in total. The number of nitrogens with two attached hydrogens (primary N) is 1. The summed E-state index contributed by atoms with van der Waals surface area (Å²) in [5, 5.41) is 0.749. The second-order valence-electron chi connectivity index (χ2n) is 4.38. The highest BCUT2D eigenvalue weighted by atomic mass is 35.5. The molecule has 0 atom stereocenters. The third kappa shape index (κ3) is 2.62. The van der Waals surface area contributed by atoms with Gasteiger partial charge in [0.25, 0.3) is 0 Å². The zero-order chi connectivity index (χ0) is 15.0. The van der Waals surface area contributed by atoms with Crippen molar-refractivity contribution in [3.63, 3.8) is 0 Å². The van der Waals surface area contributed by atoms with E-state index in [1.807, 2.05) is 25.1 Å². The van der Waals surface area contributed by atoms with Crippen LogP contribution in [0.5, 0.6) is 5.75 Å². The quantitative estimate of drug-likeness (QED) is 0.590. The number of benzene rings is 1. The summed E-state index contributed by atoms with van der Waals surface area (Å²) in [7, 11) is 0. The van der Waals surface area contributed by atoms with E-state index < -0.39 is 0 Å². The number of aromatic nitrogens is 3. The maximum Gasteiger partial charge on any atom is 0.236 e. The van der Waals surface area contributed by atoms with Crippen LogP contribution < -0.4 is 10.5 Å². The van der Waals surface area contributed by atoms with Crippen molar-refractivity contribution in [3.05, 3.63) is 40.8 Å². The molecule has 7 heteroatoms. The highest BCUT2D eigenvalue weighted by molar-refractivity contribution is 6.33. The van der Waals surface area contributed by atoms with Crippen LogP contribution in [0.15, 0.2) is 30.5 Å². The summed E-state index contributed by atoms with van der Waals surface area (Å²) in [5.41, 5.74) is 8.09. The van der Waals surface area contributed by atoms with Gasteiger partial charge in [0.2, 0.25) is 5.78 Å². The second-order valence-corrected chi connectivity index (χ2v) is 5.16. The summed E-state index contributed by atoms with van der Waals surface area (Å²) in [6.45, 7) is 2.48. The molecule has 0 spiro atoms. The summed E-state index contributed by atoms with van der Waals surface area (Å²) in [5.74, 6) is 1.10. The number of imidazole rings is 1. The third-order valence-corrected chi connectivity index (χ3v) is 3.45. The Hall–Kier alpha value is -1.98. The van der Waals surface area contributed by atoms with Gasteiger partial charge in [0.05, 0.1) is 18.0 Å². The molecule has 0 saturated carbocycles. The number of nitrogens with zero attached hydrogens (tertiary/aromatic N) is 3. The van der Waals surface area contributed by atoms with Crippen LogP contribution in [0.25, 0.3) is 17.0 Å². The average Bonchev–Trinajstić information content (AvgIpc) is 2.85. The molecule has 2 heterocycles. The molecule has 0 amide bonds. The minimum Gasteiger partial charge on any atom is -0.492 e. The van der Waals surface area contributed by atoms with Crippen LogP contribution in [0, 0.1) is 0 Å². The van der Waals surface area contributed by atoms with E-state index in [2.05, 4.69) is 9.97 Å². The third-order valence-electron chi connectivity index (χ3n) is 2.97. The monoisotopic (exact) mass is 322 g/mol. The van der Waals surface area contributed by atoms with Gasteiger partial charge >= 0.3 is 0 Å². The van der Waals surface area contributed by atoms with Gasteiger partial charge in [0.1, 0.15) is 16.1 Å². The van der Waals surface area contributed by atoms with Crippen LogP contribution in [0.4, 0.5) is 5.69 Å². The molecular weight excluding hydrogens is 311 g/mol. The van der Waals surface area contributed by atoms with Gasteiger partial charge < -0.3 is 10.5 Å². The molecule has 0 unspecified atom stereocenters. The van der Waals surface area contributed by atoms with E-state index >= 15 is 0 Å². The maximum atomic E-state index is 6.11. The smallest absolute Gasteiger partial charge is 0.236 e. The molecular formula is C14H12Cl2N4O. The van der Waals surface area contributed by atoms with Crippen molar-refractivity contribution in [2.75, 3.05) is 12.3 Å². The van der Waals surface area contributed by atoms with Crippen molar-refractivity contribution >= 4 is 34.7 Å².